The molecule has 0 aliphatic heterocycles. The number of rotatable bonds is 5. The molecule has 0 aromatic carbocycles. The van der Waals surface area contributed by atoms with Crippen molar-refractivity contribution in [1.29, 1.82) is 0 Å². The molecule has 1 heterocycles. The maximum Gasteiger partial charge on any atom is 0.411 e. The molecular weight excluding hydrogens is 290 g/mol. The van der Waals surface area contributed by atoms with E-state index in [-0.39, 0.29) is 6.54 Å². The van der Waals surface area contributed by atoms with Crippen LogP contribution in [-0.4, -0.2) is 34.2 Å². The Kier molecular flexibility index (Phi) is 5.78. The maximum atomic E-state index is 12.2. The highest BCUT2D eigenvalue weighted by molar-refractivity contribution is 7.12. The minimum absolute atomic E-state index is 0.269. The zero-order chi connectivity index (χ0) is 16.2. The fraction of sp³-hybridized carbons (Fsp3) is 0.600. The third kappa shape index (κ3) is 4.74. The van der Waals surface area contributed by atoms with E-state index in [1.807, 2.05) is 13.0 Å². The number of hydrogen-bond donors (Lipinski definition) is 1. The third-order valence-electron chi connectivity index (χ3n) is 2.81. The Morgan fingerprint density at radius 1 is 1.33 bits per heavy atom. The van der Waals surface area contributed by atoms with E-state index in [4.69, 9.17) is 4.74 Å². The number of nitrogens with zero attached hydrogens (tertiary/aromatic N) is 1. The zero-order valence-corrected chi connectivity index (χ0v) is 14.0. The first kappa shape index (κ1) is 17.5. The molecule has 0 saturated carbocycles. The van der Waals surface area contributed by atoms with Crippen molar-refractivity contribution in [3.05, 3.63) is 21.9 Å². The van der Waals surface area contributed by atoms with E-state index in [9.17, 15) is 14.7 Å². The van der Waals surface area contributed by atoms with E-state index < -0.39 is 23.7 Å². The van der Waals surface area contributed by atoms with Crippen molar-refractivity contribution in [3.63, 3.8) is 0 Å². The normalized spacial score (nSPS) is 12.8. The summed E-state index contributed by atoms with van der Waals surface area (Å²) in [4.78, 5) is 26.8. The number of carboxylic acid groups (broad SMARTS) is 1. The molecule has 1 aromatic heterocycles. The van der Waals surface area contributed by atoms with Crippen LogP contribution in [0.2, 0.25) is 0 Å². The van der Waals surface area contributed by atoms with Gasteiger partial charge < -0.3 is 9.84 Å². The number of carbonyl (C=O) groups excluding carboxylic acids is 1. The number of hydrogen-bond acceptors (Lipinski definition) is 4. The molecule has 0 spiro atoms. The second-order valence-electron chi connectivity index (χ2n) is 5.66. The highest BCUT2D eigenvalue weighted by atomic mass is 32.1. The largest absolute Gasteiger partial charge is 0.479 e. The fourth-order valence-corrected chi connectivity index (χ4v) is 2.94. The van der Waals surface area contributed by atoms with Gasteiger partial charge in [0, 0.05) is 16.3 Å². The van der Waals surface area contributed by atoms with Crippen molar-refractivity contribution >= 4 is 23.4 Å². The number of carbonyl (C=O) groups is 2. The van der Waals surface area contributed by atoms with Crippen LogP contribution in [0.3, 0.4) is 0 Å². The fourth-order valence-electron chi connectivity index (χ4n) is 1.88. The maximum absolute atomic E-state index is 12.2. The van der Waals surface area contributed by atoms with Gasteiger partial charge >= 0.3 is 12.1 Å². The molecule has 1 unspecified atom stereocenters. The van der Waals surface area contributed by atoms with Gasteiger partial charge in [0.15, 0.2) is 6.04 Å². The Morgan fingerprint density at radius 2 is 1.95 bits per heavy atom. The lowest BCUT2D eigenvalue weighted by Gasteiger charge is -2.30. The van der Waals surface area contributed by atoms with E-state index >= 15 is 0 Å². The second-order valence-corrected chi connectivity index (χ2v) is 6.86. The highest BCUT2D eigenvalue weighted by Gasteiger charge is 2.34. The van der Waals surface area contributed by atoms with E-state index in [1.54, 1.807) is 33.8 Å². The van der Waals surface area contributed by atoms with Crippen LogP contribution in [0.15, 0.2) is 12.1 Å². The van der Waals surface area contributed by atoms with Crippen LogP contribution in [0.1, 0.15) is 50.4 Å². The Morgan fingerprint density at radius 3 is 2.33 bits per heavy atom. The summed E-state index contributed by atoms with van der Waals surface area (Å²) < 4.78 is 5.30. The Balaban J connectivity index is 3.06. The minimum Gasteiger partial charge on any atom is -0.479 e. The molecule has 0 aliphatic carbocycles. The minimum atomic E-state index is -1.05. The summed E-state index contributed by atoms with van der Waals surface area (Å²) in [5.74, 6) is -1.05. The second kappa shape index (κ2) is 6.93. The van der Waals surface area contributed by atoms with E-state index in [0.717, 1.165) is 11.3 Å². The van der Waals surface area contributed by atoms with Gasteiger partial charge in [-0.25, -0.2) is 9.59 Å². The van der Waals surface area contributed by atoms with Gasteiger partial charge in [0.05, 0.1) is 0 Å². The number of likely N-dealkylation sites (N-methyl/N-ethyl adjacent to an activating group) is 1. The summed E-state index contributed by atoms with van der Waals surface area (Å²) in [6.07, 6.45) is 0.235. The van der Waals surface area contributed by atoms with Crippen LogP contribution in [0.25, 0.3) is 0 Å². The average molecular weight is 313 g/mol. The lowest BCUT2D eigenvalue weighted by atomic mass is 10.2. The number of thiophene rings is 1. The summed E-state index contributed by atoms with van der Waals surface area (Å²) in [5, 5.41) is 9.51. The van der Waals surface area contributed by atoms with Gasteiger partial charge in [-0.2, -0.15) is 0 Å². The van der Waals surface area contributed by atoms with Crippen LogP contribution >= 0.6 is 11.3 Å². The molecule has 1 atom stereocenters. The summed E-state index contributed by atoms with van der Waals surface area (Å²) in [6, 6.07) is 2.67. The molecular formula is C15H23NO4S. The summed E-state index contributed by atoms with van der Waals surface area (Å²) in [5.41, 5.74) is -0.655. The van der Waals surface area contributed by atoms with Gasteiger partial charge in [-0.3, -0.25) is 4.90 Å². The number of carboxylic acids is 1. The molecule has 1 amide bonds. The van der Waals surface area contributed by atoms with E-state index in [2.05, 4.69) is 0 Å². The zero-order valence-electron chi connectivity index (χ0n) is 13.2. The molecule has 0 bridgehead atoms. The number of aryl methyl sites for hydroxylation is 1. The van der Waals surface area contributed by atoms with E-state index in [1.165, 1.54) is 16.2 Å². The van der Waals surface area contributed by atoms with Crippen molar-refractivity contribution in [2.24, 2.45) is 0 Å². The van der Waals surface area contributed by atoms with Crippen molar-refractivity contribution < 1.29 is 19.4 Å². The monoisotopic (exact) mass is 313 g/mol. The first-order valence-corrected chi connectivity index (χ1v) is 7.82. The first-order chi connectivity index (χ1) is 9.69. The van der Waals surface area contributed by atoms with Gasteiger partial charge in [-0.05, 0) is 46.2 Å². The quantitative estimate of drug-likeness (QED) is 0.900. The number of aliphatic carboxylic acids is 1. The summed E-state index contributed by atoms with van der Waals surface area (Å²) in [6.45, 7) is 9.30. The molecule has 5 nitrogen and oxygen atoms in total. The Labute approximate surface area is 129 Å². The van der Waals surface area contributed by atoms with Crippen LogP contribution < -0.4 is 0 Å². The summed E-state index contributed by atoms with van der Waals surface area (Å²) in [7, 11) is 0. The predicted molar refractivity (Wildman–Crippen MR) is 82.7 cm³/mol. The molecule has 21 heavy (non-hydrogen) atoms. The van der Waals surface area contributed by atoms with Crippen molar-refractivity contribution in [2.75, 3.05) is 6.54 Å². The van der Waals surface area contributed by atoms with Crippen molar-refractivity contribution in [2.45, 2.75) is 52.7 Å². The molecule has 1 aromatic rings. The van der Waals surface area contributed by atoms with Crippen LogP contribution in [0, 0.1) is 0 Å². The highest BCUT2D eigenvalue weighted by Crippen LogP contribution is 2.29. The predicted octanol–water partition coefficient (Wildman–Crippen LogP) is 3.69. The Bertz CT molecular complexity index is 504. The molecule has 6 heteroatoms. The number of amides is 1. The third-order valence-corrected chi connectivity index (χ3v) is 4.10. The average Bonchev–Trinajstić information content (AvgIpc) is 2.80. The molecule has 0 saturated heterocycles. The topological polar surface area (TPSA) is 66.8 Å². The molecule has 0 aliphatic rings. The van der Waals surface area contributed by atoms with Gasteiger partial charge in [-0.15, -0.1) is 11.3 Å². The summed E-state index contributed by atoms with van der Waals surface area (Å²) >= 11 is 1.42. The Hall–Kier alpha value is -1.56. The van der Waals surface area contributed by atoms with Gasteiger partial charge in [0.25, 0.3) is 0 Å². The van der Waals surface area contributed by atoms with Crippen molar-refractivity contribution in [1.82, 2.24) is 4.90 Å². The SMILES string of the molecule is CCc1ccc(C(C(=O)O)N(CC)C(=O)OC(C)(C)C)s1. The smallest absolute Gasteiger partial charge is 0.411 e. The van der Waals surface area contributed by atoms with Gasteiger partial charge in [0.2, 0.25) is 0 Å². The standard InChI is InChI=1S/C15H23NO4S/c1-6-10-8-9-11(21-10)12(13(17)18)16(7-2)14(19)20-15(3,4)5/h8-9,12H,6-7H2,1-5H3,(H,17,18). The van der Waals surface area contributed by atoms with Gasteiger partial charge in [0.1, 0.15) is 5.60 Å². The van der Waals surface area contributed by atoms with E-state index in [0.29, 0.717) is 4.88 Å². The molecule has 0 radical (unpaired) electrons. The first-order valence-electron chi connectivity index (χ1n) is 7.00. The van der Waals surface area contributed by atoms with Crippen LogP contribution in [0.5, 0.6) is 0 Å². The lowest BCUT2D eigenvalue weighted by Crippen LogP contribution is -2.41. The van der Waals surface area contributed by atoms with Gasteiger partial charge in [-0.1, -0.05) is 6.92 Å². The molecule has 1 rings (SSSR count). The van der Waals surface area contributed by atoms with Crippen LogP contribution in [-0.2, 0) is 16.0 Å². The van der Waals surface area contributed by atoms with Crippen molar-refractivity contribution in [3.8, 4) is 0 Å². The molecule has 118 valence electrons. The van der Waals surface area contributed by atoms with Crippen LogP contribution in [0.4, 0.5) is 4.79 Å². The molecule has 0 fully saturated rings. The molecule has 1 N–H and O–H groups in total. The lowest BCUT2D eigenvalue weighted by molar-refractivity contribution is -0.143. The number of ether oxygens (including phenoxy) is 1.